The summed E-state index contributed by atoms with van der Waals surface area (Å²) < 4.78 is 10.2. The molecule has 2 rings (SSSR count). The molecule has 1 radical (unpaired) electrons. The van der Waals surface area contributed by atoms with Crippen molar-refractivity contribution in [3.05, 3.63) is 6.79 Å². The summed E-state index contributed by atoms with van der Waals surface area (Å²) in [7, 11) is 0. The van der Waals surface area contributed by atoms with Gasteiger partial charge in [-0.1, -0.05) is 0 Å². The van der Waals surface area contributed by atoms with E-state index in [1.165, 1.54) is 6.79 Å². The van der Waals surface area contributed by atoms with Gasteiger partial charge in [-0.25, -0.2) is 9.80 Å². The lowest BCUT2D eigenvalue weighted by atomic mass is 10.5. The van der Waals surface area contributed by atoms with Crippen molar-refractivity contribution in [2.45, 2.75) is 12.5 Å². The van der Waals surface area contributed by atoms with E-state index < -0.39 is 0 Å². The average molecular weight is 175 g/mol. The smallest absolute Gasteiger partial charge is 0.213 e. The Morgan fingerprint density at radius 3 is 2.08 bits per heavy atom. The third kappa shape index (κ3) is 1.13. The molecule has 0 bridgehead atoms. The lowest BCUT2D eigenvalue weighted by Gasteiger charge is -2.16. The molecule has 6 nitrogen and oxygen atoms in total. The molecule has 0 aliphatic carbocycles. The van der Waals surface area contributed by atoms with Crippen LogP contribution >= 0.6 is 0 Å². The number of aliphatic hydroxyl groups is 2. The van der Waals surface area contributed by atoms with Gasteiger partial charge in [0.05, 0.1) is 20.1 Å². The summed E-state index contributed by atoms with van der Waals surface area (Å²) in [5.41, 5.74) is 0. The molecular weight excluding hydrogens is 164 g/mol. The van der Waals surface area contributed by atoms with Crippen LogP contribution in [-0.4, -0.2) is 52.6 Å². The molecule has 2 unspecified atom stereocenters. The van der Waals surface area contributed by atoms with Gasteiger partial charge < -0.3 is 19.7 Å². The summed E-state index contributed by atoms with van der Waals surface area (Å²) in [5, 5.41) is 17.8. The molecule has 2 aliphatic heterocycles. The van der Waals surface area contributed by atoms with Crippen LogP contribution in [0.25, 0.3) is 0 Å². The van der Waals surface area contributed by atoms with E-state index in [0.717, 1.165) is 0 Å². The number of ether oxygens (including phenoxy) is 2. The van der Waals surface area contributed by atoms with Gasteiger partial charge in [-0.05, 0) is 0 Å². The molecule has 2 N–H and O–H groups in total. The molecule has 0 aromatic carbocycles. The number of nitrogens with zero attached hydrogens (tertiary/aromatic N) is 2. The average Bonchev–Trinajstić information content (AvgIpc) is 2.63. The first-order valence-electron chi connectivity index (χ1n) is 3.69. The SMILES string of the molecule is OCN1CN(CO)C2O[CH]OC21. The molecule has 2 atom stereocenters. The lowest BCUT2D eigenvalue weighted by Crippen LogP contribution is -2.35. The maximum atomic E-state index is 8.89. The van der Waals surface area contributed by atoms with Crippen LogP contribution in [0.5, 0.6) is 0 Å². The third-order valence-electron chi connectivity index (χ3n) is 2.08. The van der Waals surface area contributed by atoms with E-state index in [2.05, 4.69) is 0 Å². The number of hydrogen-bond acceptors (Lipinski definition) is 6. The largest absolute Gasteiger partial charge is 0.381 e. The summed E-state index contributed by atoms with van der Waals surface area (Å²) in [5.74, 6) is 0. The highest BCUT2D eigenvalue weighted by Gasteiger charge is 2.45. The van der Waals surface area contributed by atoms with Gasteiger partial charge in [0.25, 0.3) is 0 Å². The molecule has 0 spiro atoms. The fourth-order valence-corrected chi connectivity index (χ4v) is 1.46. The van der Waals surface area contributed by atoms with E-state index in [4.69, 9.17) is 19.7 Å². The molecule has 2 heterocycles. The van der Waals surface area contributed by atoms with Crippen molar-refractivity contribution in [3.8, 4) is 0 Å². The highest BCUT2D eigenvalue weighted by atomic mass is 16.7. The Balaban J connectivity index is 2.05. The highest BCUT2D eigenvalue weighted by molar-refractivity contribution is 4.83. The summed E-state index contributed by atoms with van der Waals surface area (Å²) in [6, 6.07) is 0. The van der Waals surface area contributed by atoms with Crippen molar-refractivity contribution >= 4 is 0 Å². The zero-order chi connectivity index (χ0) is 8.55. The van der Waals surface area contributed by atoms with E-state index in [1.807, 2.05) is 0 Å². The van der Waals surface area contributed by atoms with Crippen LogP contribution in [0.2, 0.25) is 0 Å². The number of hydrogen-bond donors (Lipinski definition) is 2. The van der Waals surface area contributed by atoms with Crippen LogP contribution < -0.4 is 0 Å². The van der Waals surface area contributed by atoms with Crippen LogP contribution in [0, 0.1) is 6.79 Å². The number of rotatable bonds is 2. The Hall–Kier alpha value is -0.240. The van der Waals surface area contributed by atoms with Crippen molar-refractivity contribution in [1.29, 1.82) is 0 Å². The maximum absolute atomic E-state index is 8.89. The fraction of sp³-hybridized carbons (Fsp3) is 0.833. The van der Waals surface area contributed by atoms with E-state index in [9.17, 15) is 0 Å². The molecule has 6 heteroatoms. The Morgan fingerprint density at radius 2 is 1.67 bits per heavy atom. The Labute approximate surface area is 69.9 Å². The van der Waals surface area contributed by atoms with Crippen LogP contribution in [0.3, 0.4) is 0 Å². The van der Waals surface area contributed by atoms with Gasteiger partial charge in [-0.3, -0.25) is 0 Å². The van der Waals surface area contributed by atoms with Crippen molar-refractivity contribution in [3.63, 3.8) is 0 Å². The minimum absolute atomic E-state index is 0.102. The van der Waals surface area contributed by atoms with Gasteiger partial charge in [-0.15, -0.1) is 0 Å². The van der Waals surface area contributed by atoms with E-state index in [-0.39, 0.29) is 25.9 Å². The second-order valence-corrected chi connectivity index (χ2v) is 2.75. The molecule has 0 aromatic rings. The van der Waals surface area contributed by atoms with Crippen molar-refractivity contribution in [2.24, 2.45) is 0 Å². The van der Waals surface area contributed by atoms with Crippen LogP contribution in [0.4, 0.5) is 0 Å². The van der Waals surface area contributed by atoms with Gasteiger partial charge in [0.1, 0.15) is 0 Å². The van der Waals surface area contributed by atoms with E-state index in [0.29, 0.717) is 6.67 Å². The van der Waals surface area contributed by atoms with Crippen LogP contribution in [-0.2, 0) is 9.47 Å². The molecule has 12 heavy (non-hydrogen) atoms. The first-order chi connectivity index (χ1) is 5.86. The van der Waals surface area contributed by atoms with Crippen LogP contribution in [0.15, 0.2) is 0 Å². The fourth-order valence-electron chi connectivity index (χ4n) is 1.46. The Morgan fingerprint density at radius 1 is 1.17 bits per heavy atom. The zero-order valence-corrected chi connectivity index (χ0v) is 6.46. The molecule has 0 aromatic heterocycles. The zero-order valence-electron chi connectivity index (χ0n) is 6.46. The van der Waals surface area contributed by atoms with Gasteiger partial charge in [0.2, 0.25) is 6.79 Å². The molecule has 69 valence electrons. The van der Waals surface area contributed by atoms with Gasteiger partial charge in [-0.2, -0.15) is 0 Å². The lowest BCUT2D eigenvalue weighted by molar-refractivity contribution is -0.0372. The predicted octanol–water partition coefficient (Wildman–Crippen LogP) is -1.72. The number of fused-ring (bicyclic) bond motifs is 1. The van der Waals surface area contributed by atoms with Crippen molar-refractivity contribution in [1.82, 2.24) is 9.80 Å². The van der Waals surface area contributed by atoms with Gasteiger partial charge in [0, 0.05) is 0 Å². The molecule has 2 saturated heterocycles. The quantitative estimate of drug-likeness (QED) is 0.520. The van der Waals surface area contributed by atoms with Gasteiger partial charge in [0.15, 0.2) is 12.5 Å². The second kappa shape index (κ2) is 3.25. The first-order valence-corrected chi connectivity index (χ1v) is 3.69. The monoisotopic (exact) mass is 175 g/mol. The van der Waals surface area contributed by atoms with Gasteiger partial charge >= 0.3 is 0 Å². The summed E-state index contributed by atoms with van der Waals surface area (Å²) in [6.45, 7) is 1.49. The Bertz CT molecular complexity index is 152. The van der Waals surface area contributed by atoms with E-state index in [1.54, 1.807) is 9.80 Å². The molecular formula is C6H11N2O4. The van der Waals surface area contributed by atoms with Crippen LogP contribution in [0.1, 0.15) is 0 Å². The maximum Gasteiger partial charge on any atom is 0.213 e. The molecule has 0 amide bonds. The minimum Gasteiger partial charge on any atom is -0.381 e. The summed E-state index contributed by atoms with van der Waals surface area (Å²) in [6.07, 6.45) is -0.579. The number of aliphatic hydroxyl groups excluding tert-OH is 2. The normalized spacial score (nSPS) is 37.5. The summed E-state index contributed by atoms with van der Waals surface area (Å²) >= 11 is 0. The second-order valence-electron chi connectivity index (χ2n) is 2.75. The molecule has 0 saturated carbocycles. The standard InChI is InChI=1S/C6H11N2O4/c9-2-7-1-8(3-10)6-5(7)11-4-12-6/h4-6,9-10H,1-3H2. The van der Waals surface area contributed by atoms with Crippen molar-refractivity contribution < 1.29 is 19.7 Å². The van der Waals surface area contributed by atoms with E-state index >= 15 is 0 Å². The third-order valence-corrected chi connectivity index (χ3v) is 2.08. The molecule has 2 aliphatic rings. The summed E-state index contributed by atoms with van der Waals surface area (Å²) in [4.78, 5) is 3.31. The van der Waals surface area contributed by atoms with Crippen molar-refractivity contribution in [2.75, 3.05) is 20.1 Å². The Kier molecular flexibility index (Phi) is 2.26. The first kappa shape index (κ1) is 8.36. The minimum atomic E-state index is -0.290. The molecule has 2 fully saturated rings. The topological polar surface area (TPSA) is 65.4 Å². The highest BCUT2D eigenvalue weighted by Crippen LogP contribution is 2.27. The predicted molar refractivity (Wildman–Crippen MR) is 36.8 cm³/mol.